The predicted octanol–water partition coefficient (Wildman–Crippen LogP) is -0.177. The Hall–Kier alpha value is -5.83. The molecule has 1 aromatic rings. The van der Waals surface area contributed by atoms with E-state index >= 15 is 0 Å². The van der Waals surface area contributed by atoms with Crippen LogP contribution in [0.3, 0.4) is 0 Å². The quantitative estimate of drug-likeness (QED) is 0.0371. The number of hydroxylamine groups is 1. The van der Waals surface area contributed by atoms with Crippen LogP contribution >= 0.6 is 0 Å². The van der Waals surface area contributed by atoms with Gasteiger partial charge in [0.05, 0.1) is 12.8 Å². The Bertz CT molecular complexity index is 1720. The van der Waals surface area contributed by atoms with Gasteiger partial charge in [-0.25, -0.2) is 5.48 Å². The number of hydrogen-bond donors (Lipinski definition) is 9. The zero-order chi connectivity index (χ0) is 44.4. The first-order chi connectivity index (χ1) is 27.6. The van der Waals surface area contributed by atoms with E-state index in [-0.39, 0.29) is 25.7 Å². The van der Waals surface area contributed by atoms with Crippen molar-refractivity contribution >= 4 is 60.5 Å². The van der Waals surface area contributed by atoms with E-state index in [1.165, 1.54) is 4.90 Å². The highest BCUT2D eigenvalue weighted by Gasteiger charge is 2.43. The molecule has 1 aliphatic rings. The molecule has 0 saturated carbocycles. The fraction of sp³-hybridized carbons (Fsp3) is 0.553. The van der Waals surface area contributed by atoms with E-state index < -0.39 is 128 Å². The maximum absolute atomic E-state index is 14.3. The van der Waals surface area contributed by atoms with Crippen LogP contribution in [-0.4, -0.2) is 122 Å². The second-order valence-electron chi connectivity index (χ2n) is 15.2. The second kappa shape index (κ2) is 23.5. The number of carbonyl (C=O) groups excluding carboxylic acids is 6. The van der Waals surface area contributed by atoms with Crippen LogP contribution < -0.4 is 26.7 Å². The molecule has 6 amide bonds. The van der Waals surface area contributed by atoms with Crippen LogP contribution in [0.5, 0.6) is 0 Å². The number of carboxylic acids is 3. The lowest BCUT2D eigenvalue weighted by Crippen LogP contribution is -2.62. The Labute approximate surface area is 342 Å². The molecular weight excluding hydrogens is 775 g/mol. The van der Waals surface area contributed by atoms with Gasteiger partial charge in [-0.15, -0.1) is 6.58 Å². The number of benzene rings is 1. The number of likely N-dealkylation sites (tertiary alicyclic amines) is 1. The molecule has 1 unspecified atom stereocenters. The zero-order valence-electron chi connectivity index (χ0n) is 33.7. The summed E-state index contributed by atoms with van der Waals surface area (Å²) in [5.74, 6) is -9.56. The van der Waals surface area contributed by atoms with Gasteiger partial charge in [-0.3, -0.25) is 47.9 Å². The van der Waals surface area contributed by atoms with Crippen molar-refractivity contribution < 1.29 is 68.2 Å². The Morgan fingerprint density at radius 3 is 2.07 bits per heavy atom. The molecule has 0 aliphatic carbocycles. The van der Waals surface area contributed by atoms with Gasteiger partial charge in [0.1, 0.15) is 30.2 Å². The lowest BCUT2D eigenvalue weighted by atomic mass is 9.84. The van der Waals surface area contributed by atoms with Crippen LogP contribution in [0.25, 0.3) is 0 Å². The molecule has 1 aliphatic heterocycles. The van der Waals surface area contributed by atoms with Gasteiger partial charge in [0, 0.05) is 25.8 Å². The van der Waals surface area contributed by atoms with Gasteiger partial charge in [-0.2, -0.15) is 0 Å². The van der Waals surface area contributed by atoms with Gasteiger partial charge in [0.2, 0.25) is 29.5 Å². The average molecular weight is 831 g/mol. The van der Waals surface area contributed by atoms with Crippen LogP contribution in [0.15, 0.2) is 36.9 Å². The Morgan fingerprint density at radius 2 is 1.47 bits per heavy atom. The van der Waals surface area contributed by atoms with E-state index in [1.54, 1.807) is 58.0 Å². The van der Waals surface area contributed by atoms with Crippen LogP contribution in [-0.2, 0) is 54.3 Å². The van der Waals surface area contributed by atoms with Crippen molar-refractivity contribution in [1.29, 1.82) is 0 Å². The van der Waals surface area contributed by atoms with Gasteiger partial charge in [0.15, 0.2) is 0 Å². The fourth-order valence-corrected chi connectivity index (χ4v) is 6.09. The van der Waals surface area contributed by atoms with Crippen molar-refractivity contribution in [2.45, 2.75) is 122 Å². The molecule has 0 bridgehead atoms. The van der Waals surface area contributed by atoms with Crippen molar-refractivity contribution in [2.24, 2.45) is 5.41 Å². The van der Waals surface area contributed by atoms with Crippen LogP contribution in [0.2, 0.25) is 6.32 Å². The molecule has 0 spiro atoms. The highest BCUT2D eigenvalue weighted by atomic mass is 16.7. The number of nitrogens with zero attached hydrogens (tertiary/aromatic N) is 1. The third-order valence-corrected chi connectivity index (χ3v) is 9.35. The van der Waals surface area contributed by atoms with Crippen molar-refractivity contribution in [2.75, 3.05) is 6.54 Å². The highest BCUT2D eigenvalue weighted by molar-refractivity contribution is 6.42. The molecule has 0 aromatic heterocycles. The summed E-state index contributed by atoms with van der Waals surface area (Å²) in [6.07, 6.45) is -0.639. The molecular formula is C38H55BN6O14. The normalized spacial score (nSPS) is 15.7. The molecule has 20 nitrogen and oxygen atoms in total. The zero-order valence-corrected chi connectivity index (χ0v) is 33.7. The first-order valence-corrected chi connectivity index (χ1v) is 19.1. The minimum Gasteiger partial charge on any atom is -0.481 e. The lowest BCUT2D eigenvalue weighted by molar-refractivity contribution is -0.146. The molecule has 324 valence electrons. The molecule has 2 rings (SSSR count). The number of rotatable bonds is 24. The summed E-state index contributed by atoms with van der Waals surface area (Å²) >= 11 is 0. The van der Waals surface area contributed by atoms with Gasteiger partial charge < -0.3 is 46.5 Å². The van der Waals surface area contributed by atoms with Crippen LogP contribution in [0.1, 0.15) is 83.3 Å². The number of aliphatic carboxylic acids is 3. The van der Waals surface area contributed by atoms with Gasteiger partial charge in [0.25, 0.3) is 5.91 Å². The minimum atomic E-state index is -1.79. The predicted molar refractivity (Wildman–Crippen MR) is 210 cm³/mol. The number of nitrogens with one attached hydrogen (secondary N) is 5. The molecule has 1 fully saturated rings. The molecule has 9 N–H and O–H groups in total. The first-order valence-electron chi connectivity index (χ1n) is 19.1. The summed E-state index contributed by atoms with van der Waals surface area (Å²) < 4.78 is 5.05. The summed E-state index contributed by atoms with van der Waals surface area (Å²) in [4.78, 5) is 116. The fourth-order valence-electron chi connectivity index (χ4n) is 6.09. The summed E-state index contributed by atoms with van der Waals surface area (Å²) in [6, 6.07) is -0.260. The number of aryl methyl sites for hydroxylation is 1. The van der Waals surface area contributed by atoms with Crippen LogP contribution in [0.4, 0.5) is 0 Å². The van der Waals surface area contributed by atoms with Crippen molar-refractivity contribution in [3.8, 4) is 0 Å². The molecule has 0 radical (unpaired) electrons. The largest absolute Gasteiger partial charge is 0.481 e. The van der Waals surface area contributed by atoms with Gasteiger partial charge in [-0.1, -0.05) is 51.1 Å². The summed E-state index contributed by atoms with van der Waals surface area (Å²) in [7, 11) is -1.32. The maximum Gasteiger partial charge on any atom is 0.479 e. The standard InChI is InChI=1S/C38H55BN6O14/c1-6-7-18-39(58)59-44-36(56)27-13-10-19-45(27)37(57)32(38(3,4)5)43-35(55)25(20-23-12-9-8-11-22(23)2)42-33(53)24(14-16-29(47)48)41-34(54)26(21-31(51)52)40-28(46)15-17-30(49)50/h6,8-9,11-12,24-27,32,58H,1,7,10,13-21H2,2-5H3,(H,40,46)(H,41,54)(H,42,53)(H,43,55)(H,44,56)(H,47,48)(H,49,50)(H,51,52)/t24-,25-,26-,27?,32+/m0/s1. The van der Waals surface area contributed by atoms with Gasteiger partial charge >= 0.3 is 25.0 Å². The summed E-state index contributed by atoms with van der Waals surface area (Å²) in [6.45, 7) is 10.5. The molecule has 1 heterocycles. The van der Waals surface area contributed by atoms with Crippen molar-refractivity contribution in [3.63, 3.8) is 0 Å². The molecule has 5 atom stereocenters. The summed E-state index contributed by atoms with van der Waals surface area (Å²) in [5, 5.41) is 47.3. The van der Waals surface area contributed by atoms with E-state index in [4.69, 9.17) is 9.86 Å². The lowest BCUT2D eigenvalue weighted by Gasteiger charge is -2.36. The Kier molecular flexibility index (Phi) is 19.7. The van der Waals surface area contributed by atoms with E-state index in [1.807, 2.05) is 0 Å². The topological polar surface area (TPSA) is 307 Å². The van der Waals surface area contributed by atoms with E-state index in [9.17, 15) is 58.4 Å². The third kappa shape index (κ3) is 16.9. The molecule has 1 aromatic carbocycles. The van der Waals surface area contributed by atoms with Crippen LogP contribution in [0, 0.1) is 12.3 Å². The Morgan fingerprint density at radius 1 is 0.864 bits per heavy atom. The van der Waals surface area contributed by atoms with Crippen molar-refractivity contribution in [1.82, 2.24) is 31.6 Å². The second-order valence-corrected chi connectivity index (χ2v) is 15.2. The number of amides is 6. The van der Waals surface area contributed by atoms with Gasteiger partial charge in [-0.05, 0) is 55.5 Å². The molecule has 1 saturated heterocycles. The van der Waals surface area contributed by atoms with E-state index in [0.29, 0.717) is 18.4 Å². The first kappa shape index (κ1) is 49.3. The third-order valence-electron chi connectivity index (χ3n) is 9.35. The summed E-state index contributed by atoms with van der Waals surface area (Å²) in [5.41, 5.74) is 2.57. The van der Waals surface area contributed by atoms with E-state index in [0.717, 1.165) is 5.56 Å². The SMILES string of the molecule is C=CCCB(O)ONC(=O)C1CCCN1C(=O)[C@@H](NC(=O)[C@H](Cc1ccccc1C)NC(=O)[C@H](CCC(=O)O)NC(=O)[C@H](CC(=O)O)NC(=O)CCC(=O)O)C(C)(C)C. The number of allylic oxidation sites excluding steroid dienone is 1. The Balaban J connectivity index is 2.42. The molecule has 59 heavy (non-hydrogen) atoms. The number of carbonyl (C=O) groups is 9. The highest BCUT2D eigenvalue weighted by Crippen LogP contribution is 2.26. The monoisotopic (exact) mass is 830 g/mol. The number of carboxylic acid groups (broad SMARTS) is 3. The molecule has 21 heteroatoms. The van der Waals surface area contributed by atoms with E-state index in [2.05, 4.69) is 33.3 Å². The van der Waals surface area contributed by atoms with Crippen molar-refractivity contribution in [3.05, 3.63) is 48.0 Å². The average Bonchev–Trinajstić information content (AvgIpc) is 3.65. The number of hydrogen-bond acceptors (Lipinski definition) is 11. The minimum absolute atomic E-state index is 0.142. The smallest absolute Gasteiger partial charge is 0.479 e. The maximum atomic E-state index is 14.3.